The second-order valence-corrected chi connectivity index (χ2v) is 8.24. The quantitative estimate of drug-likeness (QED) is 0.217. The molecule has 32 heavy (non-hydrogen) atoms. The number of carbonyl (C=O) groups is 2. The van der Waals surface area contributed by atoms with E-state index in [4.69, 9.17) is 27.9 Å². The van der Waals surface area contributed by atoms with Gasteiger partial charge >= 0.3 is 0 Å². The summed E-state index contributed by atoms with van der Waals surface area (Å²) in [5.41, 5.74) is 4.45. The Morgan fingerprint density at radius 3 is 2.50 bits per heavy atom. The normalized spacial score (nSPS) is 10.7. The second kappa shape index (κ2) is 11.7. The first-order valence-corrected chi connectivity index (χ1v) is 11.0. The van der Waals surface area contributed by atoms with Crippen molar-refractivity contribution in [2.75, 3.05) is 5.32 Å². The molecule has 0 saturated carbocycles. The number of amides is 2. The molecule has 3 aromatic carbocycles. The average molecular weight is 535 g/mol. The fourth-order valence-electron chi connectivity index (χ4n) is 2.63. The molecule has 0 bridgehead atoms. The van der Waals surface area contributed by atoms with E-state index in [1.807, 2.05) is 24.3 Å². The number of benzene rings is 3. The van der Waals surface area contributed by atoms with Gasteiger partial charge in [0.05, 0.1) is 21.9 Å². The van der Waals surface area contributed by atoms with Crippen molar-refractivity contribution in [1.82, 2.24) is 5.43 Å². The van der Waals surface area contributed by atoms with Crippen LogP contribution in [0.4, 0.5) is 5.69 Å². The molecule has 0 aliphatic rings. The Bertz CT molecular complexity index is 1150. The number of hydrazone groups is 1. The summed E-state index contributed by atoms with van der Waals surface area (Å²) in [6.45, 7) is 0.281. The van der Waals surface area contributed by atoms with E-state index < -0.39 is 11.8 Å². The predicted octanol–water partition coefficient (Wildman–Crippen LogP) is 5.81. The van der Waals surface area contributed by atoms with Gasteiger partial charge in [-0.05, 0) is 57.9 Å². The molecule has 0 heterocycles. The van der Waals surface area contributed by atoms with Crippen LogP contribution in [0.25, 0.3) is 0 Å². The van der Waals surface area contributed by atoms with E-state index >= 15 is 0 Å². The van der Waals surface area contributed by atoms with E-state index in [1.54, 1.807) is 42.5 Å². The molecule has 0 radical (unpaired) electrons. The average Bonchev–Trinajstić information content (AvgIpc) is 2.77. The fourth-order valence-corrected chi connectivity index (χ4v) is 3.33. The van der Waals surface area contributed by atoms with Crippen molar-refractivity contribution in [3.63, 3.8) is 0 Å². The molecule has 0 atom stereocenters. The highest BCUT2D eigenvalue weighted by Crippen LogP contribution is 2.24. The molecule has 0 unspecified atom stereocenters. The first-order valence-electron chi connectivity index (χ1n) is 9.44. The molecule has 6 nitrogen and oxygen atoms in total. The van der Waals surface area contributed by atoms with Crippen LogP contribution in [0.15, 0.2) is 76.3 Å². The maximum absolute atomic E-state index is 12.0. The molecule has 9 heteroatoms. The van der Waals surface area contributed by atoms with Gasteiger partial charge in [0.25, 0.3) is 0 Å². The summed E-state index contributed by atoms with van der Waals surface area (Å²) in [6.07, 6.45) is 1.09. The zero-order valence-corrected chi connectivity index (χ0v) is 19.7. The van der Waals surface area contributed by atoms with E-state index in [1.165, 1.54) is 6.21 Å². The Balaban J connectivity index is 1.53. The van der Waals surface area contributed by atoms with Gasteiger partial charge in [-0.15, -0.1) is 0 Å². The van der Waals surface area contributed by atoms with Crippen LogP contribution >= 0.6 is 39.1 Å². The molecular formula is C23H18BrCl2N3O3. The summed E-state index contributed by atoms with van der Waals surface area (Å²) >= 11 is 15.3. The zero-order valence-electron chi connectivity index (χ0n) is 16.6. The fraction of sp³-hybridized carbons (Fsp3) is 0.0870. The highest BCUT2D eigenvalue weighted by atomic mass is 79.9. The topological polar surface area (TPSA) is 79.8 Å². The summed E-state index contributed by atoms with van der Waals surface area (Å²) < 4.78 is 6.57. The number of hydrogen-bond acceptors (Lipinski definition) is 4. The minimum absolute atomic E-state index is 0.281. The summed E-state index contributed by atoms with van der Waals surface area (Å²) in [5.74, 6) is -0.418. The standard InChI is InChI=1S/C23H18BrCl2N3O3/c24-17-6-2-3-7-20(17)28-22(30)12-23(31)29-27-13-16-5-1-4-8-21(16)32-14-15-9-10-18(25)19(26)11-15/h1-11,13H,12,14H2,(H,28,30)(H,29,31). The van der Waals surface area contributed by atoms with Crippen LogP contribution in [0.5, 0.6) is 5.75 Å². The van der Waals surface area contributed by atoms with E-state index in [9.17, 15) is 9.59 Å². The van der Waals surface area contributed by atoms with Crippen LogP contribution in [0.1, 0.15) is 17.5 Å². The number of rotatable bonds is 8. The van der Waals surface area contributed by atoms with Gasteiger partial charge < -0.3 is 10.1 Å². The number of carbonyl (C=O) groups excluding carboxylic acids is 2. The Hall–Kier alpha value is -2.87. The van der Waals surface area contributed by atoms with E-state index in [-0.39, 0.29) is 13.0 Å². The lowest BCUT2D eigenvalue weighted by Crippen LogP contribution is -2.24. The Morgan fingerprint density at radius 2 is 1.72 bits per heavy atom. The minimum Gasteiger partial charge on any atom is -0.488 e. The van der Waals surface area contributed by atoms with Crippen molar-refractivity contribution in [3.05, 3.63) is 92.4 Å². The number of halogens is 3. The van der Waals surface area contributed by atoms with Gasteiger partial charge in [-0.1, -0.05) is 53.5 Å². The van der Waals surface area contributed by atoms with Gasteiger partial charge in [0.15, 0.2) is 0 Å². The number of nitrogens with one attached hydrogen (secondary N) is 2. The molecule has 0 aliphatic heterocycles. The van der Waals surface area contributed by atoms with Crippen molar-refractivity contribution in [2.45, 2.75) is 13.0 Å². The SMILES string of the molecule is O=C(CC(=O)Nc1ccccc1Br)NN=Cc1ccccc1OCc1ccc(Cl)c(Cl)c1. The molecule has 0 saturated heterocycles. The second-order valence-electron chi connectivity index (χ2n) is 6.57. The maximum atomic E-state index is 12.0. The van der Waals surface area contributed by atoms with E-state index in [0.717, 1.165) is 10.0 Å². The zero-order chi connectivity index (χ0) is 22.9. The number of para-hydroxylation sites is 2. The molecule has 0 aromatic heterocycles. The summed E-state index contributed by atoms with van der Waals surface area (Å²) in [6, 6.07) is 19.6. The Morgan fingerprint density at radius 1 is 0.969 bits per heavy atom. The third-order valence-corrected chi connectivity index (χ3v) is 5.59. The minimum atomic E-state index is -0.542. The maximum Gasteiger partial charge on any atom is 0.249 e. The first-order chi connectivity index (χ1) is 15.4. The molecule has 3 aromatic rings. The first kappa shape index (κ1) is 23.8. The summed E-state index contributed by atoms with van der Waals surface area (Å²) in [4.78, 5) is 24.1. The van der Waals surface area contributed by atoms with Crippen LogP contribution in [-0.4, -0.2) is 18.0 Å². The van der Waals surface area contributed by atoms with E-state index in [0.29, 0.717) is 27.0 Å². The van der Waals surface area contributed by atoms with Crippen LogP contribution in [0, 0.1) is 0 Å². The predicted molar refractivity (Wildman–Crippen MR) is 130 cm³/mol. The van der Waals surface area contributed by atoms with Gasteiger partial charge in [-0.2, -0.15) is 5.10 Å². The van der Waals surface area contributed by atoms with Crippen LogP contribution in [0.2, 0.25) is 10.0 Å². The van der Waals surface area contributed by atoms with Gasteiger partial charge in [0.2, 0.25) is 11.8 Å². The van der Waals surface area contributed by atoms with Crippen molar-refractivity contribution in [2.24, 2.45) is 5.10 Å². The van der Waals surface area contributed by atoms with Crippen molar-refractivity contribution < 1.29 is 14.3 Å². The third-order valence-electron chi connectivity index (χ3n) is 4.16. The molecule has 0 spiro atoms. The van der Waals surface area contributed by atoms with E-state index in [2.05, 4.69) is 31.8 Å². The van der Waals surface area contributed by atoms with Crippen LogP contribution in [0.3, 0.4) is 0 Å². The van der Waals surface area contributed by atoms with Gasteiger partial charge in [-0.25, -0.2) is 5.43 Å². The lowest BCUT2D eigenvalue weighted by molar-refractivity contribution is -0.126. The number of anilines is 1. The highest BCUT2D eigenvalue weighted by Gasteiger charge is 2.10. The monoisotopic (exact) mass is 533 g/mol. The molecule has 0 fully saturated rings. The van der Waals surface area contributed by atoms with Crippen molar-refractivity contribution in [3.8, 4) is 5.75 Å². The molecule has 0 aliphatic carbocycles. The Kier molecular flexibility index (Phi) is 8.67. The summed E-state index contributed by atoms with van der Waals surface area (Å²) in [5, 5.41) is 7.52. The van der Waals surface area contributed by atoms with Gasteiger partial charge in [-0.3, -0.25) is 9.59 Å². The molecule has 2 amide bonds. The molecule has 3 rings (SSSR count). The smallest absolute Gasteiger partial charge is 0.249 e. The number of ether oxygens (including phenoxy) is 1. The van der Waals surface area contributed by atoms with Crippen LogP contribution < -0.4 is 15.5 Å². The lowest BCUT2D eigenvalue weighted by Gasteiger charge is -2.09. The number of hydrogen-bond donors (Lipinski definition) is 2. The largest absolute Gasteiger partial charge is 0.488 e. The van der Waals surface area contributed by atoms with Gasteiger partial charge in [0, 0.05) is 10.0 Å². The van der Waals surface area contributed by atoms with Crippen molar-refractivity contribution in [1.29, 1.82) is 0 Å². The molecule has 164 valence electrons. The summed E-state index contributed by atoms with van der Waals surface area (Å²) in [7, 11) is 0. The Labute approximate surface area is 203 Å². The number of nitrogens with zero attached hydrogens (tertiary/aromatic N) is 1. The highest BCUT2D eigenvalue weighted by molar-refractivity contribution is 9.10. The lowest BCUT2D eigenvalue weighted by atomic mass is 10.2. The molecule has 2 N–H and O–H groups in total. The third kappa shape index (κ3) is 7.09. The van der Waals surface area contributed by atoms with Crippen LogP contribution in [-0.2, 0) is 16.2 Å². The molecular weight excluding hydrogens is 517 g/mol. The van der Waals surface area contributed by atoms with Crippen molar-refractivity contribution >= 4 is 62.8 Å². The van der Waals surface area contributed by atoms with Gasteiger partial charge in [0.1, 0.15) is 18.8 Å².